The van der Waals surface area contributed by atoms with Crippen LogP contribution in [0.5, 0.6) is 0 Å². The van der Waals surface area contributed by atoms with Crippen molar-refractivity contribution in [1.82, 2.24) is 19.8 Å². The number of benzene rings is 2. The van der Waals surface area contributed by atoms with Crippen molar-refractivity contribution in [3.8, 4) is 0 Å². The molecule has 0 spiro atoms. The second kappa shape index (κ2) is 10.1. The van der Waals surface area contributed by atoms with Gasteiger partial charge in [-0.1, -0.05) is 17.7 Å². The van der Waals surface area contributed by atoms with Crippen LogP contribution in [-0.4, -0.2) is 71.6 Å². The van der Waals surface area contributed by atoms with Crippen molar-refractivity contribution < 1.29 is 9.53 Å². The lowest BCUT2D eigenvalue weighted by atomic mass is 10.1. The van der Waals surface area contributed by atoms with E-state index in [0.717, 1.165) is 41.8 Å². The van der Waals surface area contributed by atoms with E-state index in [1.807, 2.05) is 29.2 Å². The summed E-state index contributed by atoms with van der Waals surface area (Å²) in [6.07, 6.45) is 1.48. The van der Waals surface area contributed by atoms with E-state index in [4.69, 9.17) is 22.1 Å². The number of nitrogens with two attached hydrogens (primary N) is 1. The van der Waals surface area contributed by atoms with Gasteiger partial charge in [0.05, 0.1) is 24.7 Å². The second-order valence-corrected chi connectivity index (χ2v) is 8.34. The fourth-order valence-electron chi connectivity index (χ4n) is 4.05. The van der Waals surface area contributed by atoms with Crippen molar-refractivity contribution in [2.75, 3.05) is 50.9 Å². The summed E-state index contributed by atoms with van der Waals surface area (Å²) in [5, 5.41) is 4.70. The topological polar surface area (TPSA) is 96.6 Å². The first-order valence-electron chi connectivity index (χ1n) is 10.5. The molecule has 1 amide bonds. The zero-order chi connectivity index (χ0) is 22.5. The van der Waals surface area contributed by atoms with Crippen molar-refractivity contribution in [2.45, 2.75) is 12.6 Å². The molecule has 8 nitrogen and oxygen atoms in total. The van der Waals surface area contributed by atoms with Gasteiger partial charge in [-0.2, -0.15) is 0 Å². The Bertz CT molecular complexity index is 1080. The molecule has 2 aromatic carbocycles. The van der Waals surface area contributed by atoms with E-state index in [1.165, 1.54) is 6.33 Å². The number of nitrogen functional groups attached to an aromatic ring is 1. The van der Waals surface area contributed by atoms with Gasteiger partial charge >= 0.3 is 0 Å². The predicted molar refractivity (Wildman–Crippen MR) is 127 cm³/mol. The quantitative estimate of drug-likeness (QED) is 0.566. The molecule has 0 bridgehead atoms. The molecule has 0 aliphatic carbocycles. The van der Waals surface area contributed by atoms with E-state index in [1.54, 1.807) is 19.2 Å². The number of nitrogens with zero attached hydrogens (tertiary/aromatic N) is 4. The van der Waals surface area contributed by atoms with Crippen LogP contribution in [0.15, 0.2) is 48.8 Å². The summed E-state index contributed by atoms with van der Waals surface area (Å²) in [6, 6.07) is 13.4. The molecular weight excluding hydrogens is 428 g/mol. The standard InChI is InChI=1S/C23H27ClN6O2/c1-32-14-19-13-29(12-16-2-7-20-21(10-16)27-15-28-23(20)25)8-9-30(19)22(31)11-26-18-5-3-17(24)4-6-18/h2-7,10,15,19,26H,8-9,11-14H2,1H3,(H2,25,27,28)/t19-/m0/s1. The third-order valence-corrected chi connectivity index (χ3v) is 5.92. The Morgan fingerprint density at radius 1 is 1.22 bits per heavy atom. The highest BCUT2D eigenvalue weighted by Crippen LogP contribution is 2.20. The van der Waals surface area contributed by atoms with Gasteiger partial charge in [0.2, 0.25) is 5.91 Å². The summed E-state index contributed by atoms with van der Waals surface area (Å²) in [7, 11) is 1.67. The van der Waals surface area contributed by atoms with Gasteiger partial charge in [-0.15, -0.1) is 0 Å². The summed E-state index contributed by atoms with van der Waals surface area (Å²) >= 11 is 5.92. The number of methoxy groups -OCH3 is 1. The molecule has 0 saturated carbocycles. The number of ether oxygens (including phenoxy) is 1. The number of carbonyl (C=O) groups excluding carboxylic acids is 1. The highest BCUT2D eigenvalue weighted by Gasteiger charge is 2.30. The van der Waals surface area contributed by atoms with E-state index >= 15 is 0 Å². The van der Waals surface area contributed by atoms with Crippen LogP contribution in [0.2, 0.25) is 5.02 Å². The monoisotopic (exact) mass is 454 g/mol. The number of hydrogen-bond acceptors (Lipinski definition) is 7. The first-order chi connectivity index (χ1) is 15.5. The third kappa shape index (κ3) is 5.27. The summed E-state index contributed by atoms with van der Waals surface area (Å²) in [5.74, 6) is 0.542. The number of fused-ring (bicyclic) bond motifs is 1. The number of rotatable bonds is 7. The number of aromatic nitrogens is 2. The van der Waals surface area contributed by atoms with Crippen molar-refractivity contribution in [2.24, 2.45) is 0 Å². The van der Waals surface area contributed by atoms with Crippen molar-refractivity contribution >= 4 is 39.9 Å². The van der Waals surface area contributed by atoms with Crippen LogP contribution in [0.3, 0.4) is 0 Å². The zero-order valence-corrected chi connectivity index (χ0v) is 18.8. The van der Waals surface area contributed by atoms with E-state index in [0.29, 0.717) is 24.0 Å². The van der Waals surface area contributed by atoms with Crippen molar-refractivity contribution in [1.29, 1.82) is 0 Å². The normalized spacial score (nSPS) is 16.9. The molecule has 1 aliphatic heterocycles. The molecule has 3 N–H and O–H groups in total. The summed E-state index contributed by atoms with van der Waals surface area (Å²) < 4.78 is 5.42. The van der Waals surface area contributed by atoms with Gasteiger partial charge in [-0.3, -0.25) is 9.69 Å². The Balaban J connectivity index is 1.38. The molecule has 32 heavy (non-hydrogen) atoms. The van der Waals surface area contributed by atoms with Gasteiger partial charge in [-0.25, -0.2) is 9.97 Å². The molecular formula is C23H27ClN6O2. The average Bonchev–Trinajstić information content (AvgIpc) is 2.79. The molecule has 4 rings (SSSR count). The molecule has 1 aliphatic rings. The lowest BCUT2D eigenvalue weighted by Gasteiger charge is -2.41. The molecule has 0 radical (unpaired) electrons. The maximum atomic E-state index is 12.9. The van der Waals surface area contributed by atoms with Gasteiger partial charge in [0.25, 0.3) is 0 Å². The van der Waals surface area contributed by atoms with Crippen molar-refractivity contribution in [3.63, 3.8) is 0 Å². The number of anilines is 2. The molecule has 2 heterocycles. The van der Waals surface area contributed by atoms with Crippen LogP contribution in [0, 0.1) is 0 Å². The first-order valence-corrected chi connectivity index (χ1v) is 10.9. The van der Waals surface area contributed by atoms with Gasteiger partial charge in [0, 0.05) is 49.4 Å². The van der Waals surface area contributed by atoms with Crippen molar-refractivity contribution in [3.05, 3.63) is 59.4 Å². The van der Waals surface area contributed by atoms with Gasteiger partial charge < -0.3 is 20.7 Å². The molecule has 3 aromatic rings. The van der Waals surface area contributed by atoms with Crippen LogP contribution >= 0.6 is 11.6 Å². The largest absolute Gasteiger partial charge is 0.383 e. The molecule has 1 saturated heterocycles. The van der Waals surface area contributed by atoms with Crippen LogP contribution < -0.4 is 11.1 Å². The molecule has 168 valence electrons. The van der Waals surface area contributed by atoms with E-state index < -0.39 is 0 Å². The van der Waals surface area contributed by atoms with E-state index in [2.05, 4.69) is 26.3 Å². The minimum absolute atomic E-state index is 0.00769. The van der Waals surface area contributed by atoms with Gasteiger partial charge in [0.15, 0.2) is 0 Å². The Hall–Kier alpha value is -2.94. The fourth-order valence-corrected chi connectivity index (χ4v) is 4.18. The molecule has 1 fully saturated rings. The van der Waals surface area contributed by atoms with Crippen LogP contribution in [-0.2, 0) is 16.1 Å². The number of carbonyl (C=O) groups is 1. The Kier molecular flexibility index (Phi) is 7.04. The average molecular weight is 455 g/mol. The molecule has 9 heteroatoms. The Morgan fingerprint density at radius 3 is 2.81 bits per heavy atom. The van der Waals surface area contributed by atoms with Gasteiger partial charge in [0.1, 0.15) is 12.1 Å². The Labute approximate surface area is 192 Å². The number of halogens is 1. The number of nitrogens with one attached hydrogen (secondary N) is 1. The number of piperazine rings is 1. The summed E-state index contributed by atoms with van der Waals surface area (Å²) in [6.45, 7) is 3.67. The predicted octanol–water partition coefficient (Wildman–Crippen LogP) is 2.64. The fraction of sp³-hybridized carbons (Fsp3) is 0.348. The molecule has 1 atom stereocenters. The van der Waals surface area contributed by atoms with Gasteiger partial charge in [-0.05, 0) is 42.0 Å². The smallest absolute Gasteiger partial charge is 0.242 e. The van der Waals surface area contributed by atoms with Crippen LogP contribution in [0.1, 0.15) is 5.56 Å². The number of hydrogen-bond donors (Lipinski definition) is 2. The SMILES string of the molecule is COC[C@@H]1CN(Cc2ccc3c(N)ncnc3c2)CCN1C(=O)CNc1ccc(Cl)cc1. The van der Waals surface area contributed by atoms with E-state index in [-0.39, 0.29) is 18.5 Å². The van der Waals surface area contributed by atoms with E-state index in [9.17, 15) is 4.79 Å². The summed E-state index contributed by atoms with van der Waals surface area (Å²) in [4.78, 5) is 25.5. The number of amides is 1. The maximum absolute atomic E-state index is 12.9. The zero-order valence-electron chi connectivity index (χ0n) is 18.0. The maximum Gasteiger partial charge on any atom is 0.242 e. The second-order valence-electron chi connectivity index (χ2n) is 7.90. The van der Waals surface area contributed by atoms with Crippen LogP contribution in [0.4, 0.5) is 11.5 Å². The van der Waals surface area contributed by atoms with Crippen LogP contribution in [0.25, 0.3) is 10.9 Å². The lowest BCUT2D eigenvalue weighted by molar-refractivity contribution is -0.135. The highest BCUT2D eigenvalue weighted by atomic mass is 35.5. The highest BCUT2D eigenvalue weighted by molar-refractivity contribution is 6.30. The molecule has 0 unspecified atom stereocenters. The lowest BCUT2D eigenvalue weighted by Crippen LogP contribution is -2.57. The third-order valence-electron chi connectivity index (χ3n) is 5.67. The minimum atomic E-state index is -0.00769. The summed E-state index contributed by atoms with van der Waals surface area (Å²) in [5.41, 5.74) is 8.78. The minimum Gasteiger partial charge on any atom is -0.383 e. The first kappa shape index (κ1) is 22.3. The molecule has 1 aromatic heterocycles. The Morgan fingerprint density at radius 2 is 2.03 bits per heavy atom.